The van der Waals surface area contributed by atoms with Crippen molar-refractivity contribution in [1.29, 1.82) is 0 Å². The fourth-order valence-electron chi connectivity index (χ4n) is 3.03. The van der Waals surface area contributed by atoms with Crippen LogP contribution in [0.5, 0.6) is 11.5 Å². The highest BCUT2D eigenvalue weighted by atomic mass is 35.5. The number of rotatable bonds is 7. The van der Waals surface area contributed by atoms with E-state index in [9.17, 15) is 18.0 Å². The Labute approximate surface area is 214 Å². The first-order chi connectivity index (χ1) is 16.6. The number of carbonyl (C=O) groups excluding carboxylic acids is 2. The molecule has 1 aliphatic rings. The maximum absolute atomic E-state index is 12.9. The van der Waals surface area contributed by atoms with Gasteiger partial charge in [0.2, 0.25) is 6.79 Å². The molecule has 9 nitrogen and oxygen atoms in total. The first-order valence-corrected chi connectivity index (χ1v) is 12.4. The molecular formula is C22H15Cl3N2O7S. The summed E-state index contributed by atoms with van der Waals surface area (Å²) in [6.07, 6.45) is 0. The molecule has 3 aromatic rings. The number of nitrogens with one attached hydrogen (secondary N) is 2. The average Bonchev–Trinajstić information content (AvgIpc) is 3.25. The standard InChI is InChI=1S/C22H15Cl3N2O7S/c23-12-2-1-3-14(6-12)27-35(30,31)20-8-15(16(24)9-17(20)25)22(29)32-10-21(28)26-13-4-5-18-19(7-13)34-11-33-18/h1-9,27H,10-11H2,(H,26,28). The van der Waals surface area contributed by atoms with Gasteiger partial charge in [0, 0.05) is 16.8 Å². The van der Waals surface area contributed by atoms with Gasteiger partial charge >= 0.3 is 5.97 Å². The number of ether oxygens (including phenoxy) is 3. The second kappa shape index (κ2) is 10.2. The minimum atomic E-state index is -4.22. The molecule has 3 aromatic carbocycles. The van der Waals surface area contributed by atoms with Crippen LogP contribution >= 0.6 is 34.8 Å². The third-order valence-corrected chi connectivity index (χ3v) is 6.99. The van der Waals surface area contributed by atoms with Crippen LogP contribution in [0.1, 0.15) is 10.4 Å². The molecule has 0 saturated heterocycles. The van der Waals surface area contributed by atoms with Crippen LogP contribution in [0.2, 0.25) is 15.1 Å². The summed E-state index contributed by atoms with van der Waals surface area (Å²) in [5.74, 6) is -0.653. The van der Waals surface area contributed by atoms with E-state index in [1.54, 1.807) is 30.3 Å². The van der Waals surface area contributed by atoms with Crippen molar-refractivity contribution in [3.8, 4) is 11.5 Å². The second-order valence-corrected chi connectivity index (χ2v) is 9.97. The minimum absolute atomic E-state index is 0.0819. The van der Waals surface area contributed by atoms with Gasteiger partial charge in [-0.15, -0.1) is 0 Å². The molecule has 0 unspecified atom stereocenters. The van der Waals surface area contributed by atoms with E-state index < -0.39 is 33.4 Å². The summed E-state index contributed by atoms with van der Waals surface area (Å²) in [5, 5.41) is 2.49. The van der Waals surface area contributed by atoms with E-state index in [2.05, 4.69) is 10.0 Å². The maximum atomic E-state index is 12.9. The normalized spacial score (nSPS) is 12.2. The van der Waals surface area contributed by atoms with Crippen molar-refractivity contribution in [2.45, 2.75) is 4.90 Å². The lowest BCUT2D eigenvalue weighted by Gasteiger charge is -2.13. The lowest BCUT2D eigenvalue weighted by Crippen LogP contribution is -2.21. The third-order valence-electron chi connectivity index (χ3n) is 4.60. The molecule has 1 amide bonds. The van der Waals surface area contributed by atoms with Crippen LogP contribution in [-0.4, -0.2) is 33.7 Å². The first-order valence-electron chi connectivity index (χ1n) is 9.76. The number of sulfonamides is 1. The number of halogens is 3. The summed E-state index contributed by atoms with van der Waals surface area (Å²) in [4.78, 5) is 24.4. The first kappa shape index (κ1) is 24.9. The Morgan fingerprint density at radius 1 is 0.914 bits per heavy atom. The van der Waals surface area contributed by atoms with Crippen LogP contribution < -0.4 is 19.5 Å². The van der Waals surface area contributed by atoms with Crippen molar-refractivity contribution in [2.24, 2.45) is 0 Å². The van der Waals surface area contributed by atoms with Gasteiger partial charge in [0.1, 0.15) is 4.90 Å². The predicted molar refractivity (Wildman–Crippen MR) is 130 cm³/mol. The molecule has 0 bridgehead atoms. The second-order valence-electron chi connectivity index (χ2n) is 7.07. The lowest BCUT2D eigenvalue weighted by molar-refractivity contribution is -0.119. The Kier molecular flexibility index (Phi) is 7.27. The molecule has 0 spiro atoms. The smallest absolute Gasteiger partial charge is 0.340 e. The SMILES string of the molecule is O=C(COC(=O)c1cc(S(=O)(=O)Nc2cccc(Cl)c2)c(Cl)cc1Cl)Nc1ccc2c(c1)OCO2. The van der Waals surface area contributed by atoms with Crippen molar-refractivity contribution < 1.29 is 32.2 Å². The molecule has 0 saturated carbocycles. The van der Waals surface area contributed by atoms with Crippen LogP contribution in [0.4, 0.5) is 11.4 Å². The predicted octanol–water partition coefficient (Wildman–Crippen LogP) is 4.97. The maximum Gasteiger partial charge on any atom is 0.340 e. The summed E-state index contributed by atoms with van der Waals surface area (Å²) in [7, 11) is -4.22. The van der Waals surface area contributed by atoms with Crippen LogP contribution in [-0.2, 0) is 19.6 Å². The zero-order valence-corrected chi connectivity index (χ0v) is 20.6. The number of benzene rings is 3. The van der Waals surface area contributed by atoms with Crippen molar-refractivity contribution in [1.82, 2.24) is 0 Å². The fourth-order valence-corrected chi connectivity index (χ4v) is 5.12. The van der Waals surface area contributed by atoms with Gasteiger partial charge in [-0.05, 0) is 42.5 Å². The largest absolute Gasteiger partial charge is 0.454 e. The van der Waals surface area contributed by atoms with E-state index in [-0.39, 0.29) is 28.1 Å². The van der Waals surface area contributed by atoms with Crippen LogP contribution in [0.15, 0.2) is 59.5 Å². The quantitative estimate of drug-likeness (QED) is 0.394. The van der Waals surface area contributed by atoms with Gasteiger partial charge in [-0.25, -0.2) is 13.2 Å². The van der Waals surface area contributed by atoms with Gasteiger partial charge in [-0.3, -0.25) is 9.52 Å². The summed E-state index contributed by atoms with van der Waals surface area (Å²) in [6, 6.07) is 12.9. The Morgan fingerprint density at radius 3 is 2.46 bits per heavy atom. The van der Waals surface area contributed by atoms with E-state index >= 15 is 0 Å². The summed E-state index contributed by atoms with van der Waals surface area (Å²) >= 11 is 18.1. The molecule has 4 rings (SSSR count). The van der Waals surface area contributed by atoms with Crippen LogP contribution in [0.3, 0.4) is 0 Å². The minimum Gasteiger partial charge on any atom is -0.454 e. The van der Waals surface area contributed by atoms with E-state index in [4.69, 9.17) is 49.0 Å². The van der Waals surface area contributed by atoms with Gasteiger partial charge in [0.05, 0.1) is 21.3 Å². The molecule has 13 heteroatoms. The van der Waals surface area contributed by atoms with Crippen molar-refractivity contribution in [2.75, 3.05) is 23.4 Å². The lowest BCUT2D eigenvalue weighted by atomic mass is 10.2. The van der Waals surface area contributed by atoms with Crippen LogP contribution in [0.25, 0.3) is 0 Å². The fraction of sp³-hybridized carbons (Fsp3) is 0.0909. The molecule has 0 fully saturated rings. The van der Waals surface area contributed by atoms with Gasteiger partial charge in [-0.1, -0.05) is 40.9 Å². The number of anilines is 2. The Balaban J connectivity index is 1.45. The summed E-state index contributed by atoms with van der Waals surface area (Å²) in [5.41, 5.74) is 0.298. The molecule has 0 aliphatic carbocycles. The Morgan fingerprint density at radius 2 is 1.69 bits per heavy atom. The number of amides is 1. The highest BCUT2D eigenvalue weighted by Gasteiger charge is 2.24. The topological polar surface area (TPSA) is 120 Å². The summed E-state index contributed by atoms with van der Waals surface area (Å²) in [6.45, 7) is -0.576. The summed E-state index contributed by atoms with van der Waals surface area (Å²) < 4.78 is 43.5. The molecular weight excluding hydrogens is 543 g/mol. The van der Waals surface area contributed by atoms with E-state index in [1.807, 2.05) is 0 Å². The van der Waals surface area contributed by atoms with E-state index in [0.717, 1.165) is 12.1 Å². The Bertz CT molecular complexity index is 1430. The molecule has 1 aliphatic heterocycles. The zero-order valence-electron chi connectivity index (χ0n) is 17.5. The number of carbonyl (C=O) groups is 2. The zero-order chi connectivity index (χ0) is 25.2. The third kappa shape index (κ3) is 5.91. The molecule has 0 aromatic heterocycles. The molecule has 182 valence electrons. The highest BCUT2D eigenvalue weighted by molar-refractivity contribution is 7.92. The van der Waals surface area contributed by atoms with Crippen molar-refractivity contribution >= 4 is 68.1 Å². The molecule has 0 atom stereocenters. The Hall–Kier alpha value is -3.18. The monoisotopic (exact) mass is 556 g/mol. The van der Waals surface area contributed by atoms with Gasteiger partial charge < -0.3 is 19.5 Å². The average molecular weight is 558 g/mol. The molecule has 0 radical (unpaired) electrons. The molecule has 2 N–H and O–H groups in total. The van der Waals surface area contributed by atoms with Gasteiger partial charge in [0.15, 0.2) is 18.1 Å². The number of hydrogen-bond donors (Lipinski definition) is 2. The van der Waals surface area contributed by atoms with Gasteiger partial charge in [-0.2, -0.15) is 0 Å². The number of hydrogen-bond acceptors (Lipinski definition) is 7. The van der Waals surface area contributed by atoms with E-state index in [1.165, 1.54) is 12.1 Å². The van der Waals surface area contributed by atoms with Gasteiger partial charge in [0.25, 0.3) is 15.9 Å². The molecule has 35 heavy (non-hydrogen) atoms. The van der Waals surface area contributed by atoms with Crippen molar-refractivity contribution in [3.05, 3.63) is 75.2 Å². The molecule has 1 heterocycles. The van der Waals surface area contributed by atoms with E-state index in [0.29, 0.717) is 22.2 Å². The van der Waals surface area contributed by atoms with Crippen LogP contribution in [0, 0.1) is 0 Å². The van der Waals surface area contributed by atoms with Crippen molar-refractivity contribution in [3.63, 3.8) is 0 Å². The highest BCUT2D eigenvalue weighted by Crippen LogP contribution is 2.34. The number of esters is 1. The number of fused-ring (bicyclic) bond motifs is 1.